The van der Waals surface area contributed by atoms with Gasteiger partial charge in [0.25, 0.3) is 0 Å². The fraction of sp³-hybridized carbons (Fsp3) is 0. The van der Waals surface area contributed by atoms with Crippen LogP contribution < -0.4 is 20.7 Å². The molecule has 0 fully saturated rings. The van der Waals surface area contributed by atoms with E-state index in [9.17, 15) is 21.0 Å². The summed E-state index contributed by atoms with van der Waals surface area (Å²) in [6.07, 6.45) is 4.64. The molecule has 0 aliphatic carbocycles. The molecule has 6 heteroatoms. The zero-order valence-electron chi connectivity index (χ0n) is 33.7. The second-order valence-electron chi connectivity index (χ2n) is 14.9. The number of hydrogen-bond donors (Lipinski definition) is 0. The van der Waals surface area contributed by atoms with Crippen molar-refractivity contribution in [1.82, 2.24) is 0 Å². The summed E-state index contributed by atoms with van der Waals surface area (Å²) in [6.45, 7) is 0. The molecule has 0 saturated heterocycles. The van der Waals surface area contributed by atoms with Crippen LogP contribution in [0.5, 0.6) is 0 Å². The van der Waals surface area contributed by atoms with E-state index < -0.39 is 15.2 Å². The van der Waals surface area contributed by atoms with Gasteiger partial charge in [-0.3, -0.25) is 0 Å². The number of rotatable bonds is 11. The lowest BCUT2D eigenvalue weighted by molar-refractivity contribution is 1.47. The number of hydrogen-bond acceptors (Lipinski definition) is 4. The van der Waals surface area contributed by atoms with E-state index in [0.717, 1.165) is 32.6 Å². The van der Waals surface area contributed by atoms with Gasteiger partial charge in [0, 0.05) is 0 Å². The molecule has 0 heterocycles. The molecule has 0 bridgehead atoms. The first-order chi connectivity index (χ1) is 30.5. The smallest absolute Gasteiger partial charge is 0.155 e. The van der Waals surface area contributed by atoms with Gasteiger partial charge in [-0.25, -0.2) is 0 Å². The molecule has 4 nitrogen and oxygen atoms in total. The molecule has 0 N–H and O–H groups in total. The molecule has 8 aromatic carbocycles. The first kappa shape index (κ1) is 40.4. The summed E-state index contributed by atoms with van der Waals surface area (Å²) in [7, 11) is -7.37. The second kappa shape index (κ2) is 18.3. The van der Waals surface area contributed by atoms with Crippen molar-refractivity contribution in [2.24, 2.45) is 0 Å². The molecule has 0 radical (unpaired) electrons. The second-order valence-corrected chi connectivity index (χ2v) is 25.8. The lowest BCUT2D eigenvalue weighted by Gasteiger charge is -2.52. The molecule has 0 amide bonds. The third kappa shape index (κ3) is 7.52. The molecule has 0 aliphatic rings. The van der Waals surface area contributed by atoms with E-state index >= 15 is 0 Å². The molecule has 0 spiro atoms. The quantitative estimate of drug-likeness (QED) is 0.0960. The third-order valence-corrected chi connectivity index (χ3v) is 28.4. The minimum absolute atomic E-state index is 0.562. The predicted molar refractivity (Wildman–Crippen MR) is 256 cm³/mol. The molecule has 0 atom stereocenters. The minimum Gasteiger partial charge on any atom is -0.192 e. The molecule has 8 rings (SSSR count). The fourth-order valence-electron chi connectivity index (χ4n) is 8.88. The lowest BCUT2D eigenvalue weighted by atomic mass is 10.1. The van der Waals surface area contributed by atoms with Crippen molar-refractivity contribution in [2.45, 2.75) is 0 Å². The summed E-state index contributed by atoms with van der Waals surface area (Å²) in [5, 5.41) is 46.9. The van der Waals surface area contributed by atoms with Crippen molar-refractivity contribution < 1.29 is 0 Å². The van der Waals surface area contributed by atoms with E-state index in [1.54, 1.807) is 0 Å². The Bertz CT molecular complexity index is 2750. The van der Waals surface area contributed by atoms with Crippen LogP contribution >= 0.6 is 0 Å². The van der Waals surface area contributed by atoms with Gasteiger partial charge in [0.1, 0.15) is 0 Å². The summed E-state index contributed by atoms with van der Waals surface area (Å²) in [5.74, 6) is 0. The zero-order valence-corrected chi connectivity index (χ0v) is 35.7. The number of nitriles is 4. The van der Waals surface area contributed by atoms with Crippen LogP contribution in [0.4, 0.5) is 0 Å². The van der Waals surface area contributed by atoms with Crippen LogP contribution in [0.3, 0.4) is 0 Å². The van der Waals surface area contributed by atoms with Crippen molar-refractivity contribution in [3.05, 3.63) is 263 Å². The standard InChI is InChI=1S/C56H38N4Si2/c57-39-45-25-21-43(22-26-45)37-55(49-33-29-47(41-59)30-34-49)61(51-13-5-1-6-14-51,52-15-7-2-8-16-52)62(53-17-9-3-10-18-53,54-19-11-4-12-20-54)56(50-35-31-48(42-60)32-36-50)38-44-23-27-46(40-58)28-24-44/h1-38H/b55-37+,56-38+. The maximum atomic E-state index is 10.1. The summed E-state index contributed by atoms with van der Waals surface area (Å²) in [4.78, 5) is 0. The highest BCUT2D eigenvalue weighted by Gasteiger charge is 2.63. The topological polar surface area (TPSA) is 95.2 Å². The maximum absolute atomic E-state index is 10.1. The van der Waals surface area contributed by atoms with Crippen molar-refractivity contribution in [3.8, 4) is 24.3 Å². The Morgan fingerprint density at radius 1 is 0.290 bits per heavy atom. The molecule has 0 aromatic heterocycles. The van der Waals surface area contributed by atoms with E-state index in [-0.39, 0.29) is 0 Å². The van der Waals surface area contributed by atoms with Crippen LogP contribution in [0.15, 0.2) is 218 Å². The average molecular weight is 823 g/mol. The first-order valence-electron chi connectivity index (χ1n) is 20.2. The Morgan fingerprint density at radius 3 is 0.742 bits per heavy atom. The first-order valence-corrected chi connectivity index (χ1v) is 25.2. The molecular weight excluding hydrogens is 785 g/mol. The van der Waals surface area contributed by atoms with Gasteiger partial charge in [-0.1, -0.05) is 203 Å². The highest BCUT2D eigenvalue weighted by atomic mass is 29.3. The van der Waals surface area contributed by atoms with Crippen molar-refractivity contribution in [1.29, 1.82) is 21.0 Å². The molecule has 290 valence electrons. The van der Waals surface area contributed by atoms with Crippen molar-refractivity contribution in [3.63, 3.8) is 0 Å². The van der Waals surface area contributed by atoms with Gasteiger partial charge in [0.2, 0.25) is 0 Å². The molecular formula is C56H38N4Si2. The van der Waals surface area contributed by atoms with Crippen LogP contribution in [0.2, 0.25) is 0 Å². The lowest BCUT2D eigenvalue weighted by Crippen LogP contribution is -2.86. The third-order valence-electron chi connectivity index (χ3n) is 11.5. The average Bonchev–Trinajstić information content (AvgIpc) is 3.36. The summed E-state index contributed by atoms with van der Waals surface area (Å²) < 4.78 is 0. The SMILES string of the molecule is N#Cc1ccc(/C=C(\c2ccc(C#N)cc2)[Si](c2ccccc2)(c2ccccc2)[Si](/C(=C/c2ccc(C#N)cc2)c2ccc(C#N)cc2)(c2ccccc2)c2ccccc2)cc1. The van der Waals surface area contributed by atoms with Gasteiger partial charge < -0.3 is 0 Å². The van der Waals surface area contributed by atoms with Crippen molar-refractivity contribution in [2.75, 3.05) is 0 Å². The predicted octanol–water partition coefficient (Wildman–Crippen LogP) is 9.64. The Balaban J connectivity index is 1.70. The molecule has 0 unspecified atom stereocenters. The van der Waals surface area contributed by atoms with E-state index in [4.69, 9.17) is 0 Å². The summed E-state index contributed by atoms with van der Waals surface area (Å²) >= 11 is 0. The highest BCUT2D eigenvalue weighted by Crippen LogP contribution is 2.43. The monoisotopic (exact) mass is 822 g/mol. The van der Waals surface area contributed by atoms with Crippen molar-refractivity contribution >= 4 is 58.5 Å². The highest BCUT2D eigenvalue weighted by molar-refractivity contribution is 7.70. The summed E-state index contributed by atoms with van der Waals surface area (Å²) in [5.41, 5.74) is 6.10. The largest absolute Gasteiger partial charge is 0.192 e. The van der Waals surface area contributed by atoms with Crippen LogP contribution in [-0.2, 0) is 0 Å². The Morgan fingerprint density at radius 2 is 0.516 bits per heavy atom. The van der Waals surface area contributed by atoms with Gasteiger partial charge in [-0.2, -0.15) is 21.0 Å². The molecule has 8 aromatic rings. The molecule has 0 saturated carbocycles. The number of nitrogens with zero attached hydrogens (tertiary/aromatic N) is 4. The van der Waals surface area contributed by atoms with Gasteiger partial charge in [-0.05, 0) is 81.2 Å². The van der Waals surface area contributed by atoms with E-state index in [1.807, 2.05) is 72.8 Å². The summed E-state index contributed by atoms with van der Waals surface area (Å²) in [6, 6.07) is 84.5. The zero-order chi connectivity index (χ0) is 42.8. The van der Waals surface area contributed by atoms with E-state index in [0.29, 0.717) is 22.3 Å². The Labute approximate surface area is 364 Å². The Kier molecular flexibility index (Phi) is 11.9. The van der Waals surface area contributed by atoms with Gasteiger partial charge >= 0.3 is 0 Å². The van der Waals surface area contributed by atoms with Crippen LogP contribution in [0, 0.1) is 45.3 Å². The molecule has 62 heavy (non-hydrogen) atoms. The van der Waals surface area contributed by atoms with Gasteiger partial charge in [-0.15, -0.1) is 0 Å². The number of benzene rings is 8. The van der Waals surface area contributed by atoms with Crippen LogP contribution in [0.1, 0.15) is 44.5 Å². The van der Waals surface area contributed by atoms with E-state index in [1.165, 1.54) is 20.7 Å². The van der Waals surface area contributed by atoms with Crippen LogP contribution in [-0.4, -0.2) is 15.2 Å². The normalized spacial score (nSPS) is 11.7. The minimum atomic E-state index is -3.68. The maximum Gasteiger partial charge on any atom is 0.155 e. The van der Waals surface area contributed by atoms with Crippen LogP contribution in [0.25, 0.3) is 22.5 Å². The Hall–Kier alpha value is -8.37. The van der Waals surface area contributed by atoms with Gasteiger partial charge in [0.05, 0.1) is 46.5 Å². The van der Waals surface area contributed by atoms with Gasteiger partial charge in [0.15, 0.2) is 15.2 Å². The molecule has 0 aliphatic heterocycles. The van der Waals surface area contributed by atoms with E-state index in [2.05, 4.69) is 182 Å². The fourth-order valence-corrected chi connectivity index (χ4v) is 29.0.